The van der Waals surface area contributed by atoms with Gasteiger partial charge in [0.05, 0.1) is 0 Å². The molecule has 1 saturated heterocycles. The van der Waals surface area contributed by atoms with Crippen molar-refractivity contribution in [2.24, 2.45) is 0 Å². The van der Waals surface area contributed by atoms with Crippen molar-refractivity contribution in [3.63, 3.8) is 0 Å². The molecular formula is C11H15N3O. The maximum absolute atomic E-state index is 11.9. The Balaban J connectivity index is 2.20. The summed E-state index contributed by atoms with van der Waals surface area (Å²) < 4.78 is 0. The highest BCUT2D eigenvalue weighted by Crippen LogP contribution is 2.15. The molecule has 1 fully saturated rings. The number of pyridine rings is 1. The van der Waals surface area contributed by atoms with E-state index in [0.29, 0.717) is 0 Å². The highest BCUT2D eigenvalue weighted by molar-refractivity contribution is 5.95. The molecule has 0 bridgehead atoms. The molecule has 0 radical (unpaired) electrons. The van der Waals surface area contributed by atoms with Crippen molar-refractivity contribution in [1.29, 1.82) is 0 Å². The van der Waals surface area contributed by atoms with E-state index in [1.165, 1.54) is 0 Å². The summed E-state index contributed by atoms with van der Waals surface area (Å²) in [4.78, 5) is 19.8. The lowest BCUT2D eigenvalue weighted by Gasteiger charge is -2.31. The fourth-order valence-corrected chi connectivity index (χ4v) is 1.50. The number of carbonyl (C=O) groups excluding carboxylic acids is 1. The normalized spacial score (nSPS) is 14.7. The van der Waals surface area contributed by atoms with E-state index in [0.717, 1.165) is 30.9 Å². The topological polar surface area (TPSA) is 36.4 Å². The third kappa shape index (κ3) is 1.93. The average molecular weight is 205 g/mol. The van der Waals surface area contributed by atoms with Crippen LogP contribution in [0.4, 0.5) is 5.82 Å². The standard InChI is InChI=1S/C11H15N3O/c1-13(2)10-8-9(4-5-12-10)11(15)14-6-3-7-14/h4-5,8H,3,6-7H2,1-2H3. The molecule has 0 unspecified atom stereocenters. The quantitative estimate of drug-likeness (QED) is 0.722. The Morgan fingerprint density at radius 1 is 1.47 bits per heavy atom. The maximum Gasteiger partial charge on any atom is 0.254 e. The summed E-state index contributed by atoms with van der Waals surface area (Å²) in [5, 5.41) is 0. The minimum absolute atomic E-state index is 0.117. The summed E-state index contributed by atoms with van der Waals surface area (Å²) in [7, 11) is 3.83. The van der Waals surface area contributed by atoms with Gasteiger partial charge in [-0.05, 0) is 18.6 Å². The first-order valence-corrected chi connectivity index (χ1v) is 5.11. The monoisotopic (exact) mass is 205 g/mol. The van der Waals surface area contributed by atoms with Gasteiger partial charge in [0.25, 0.3) is 5.91 Å². The van der Waals surface area contributed by atoms with Crippen molar-refractivity contribution in [3.8, 4) is 0 Å². The van der Waals surface area contributed by atoms with E-state index >= 15 is 0 Å². The molecule has 0 N–H and O–H groups in total. The van der Waals surface area contributed by atoms with Gasteiger partial charge in [-0.3, -0.25) is 4.79 Å². The summed E-state index contributed by atoms with van der Waals surface area (Å²) in [5.41, 5.74) is 0.730. The number of anilines is 1. The van der Waals surface area contributed by atoms with Gasteiger partial charge >= 0.3 is 0 Å². The minimum Gasteiger partial charge on any atom is -0.363 e. The molecule has 1 amide bonds. The molecular weight excluding hydrogens is 190 g/mol. The van der Waals surface area contributed by atoms with Crippen LogP contribution in [-0.2, 0) is 0 Å². The largest absolute Gasteiger partial charge is 0.363 e. The van der Waals surface area contributed by atoms with Gasteiger partial charge < -0.3 is 9.80 Å². The number of nitrogens with zero attached hydrogens (tertiary/aromatic N) is 3. The van der Waals surface area contributed by atoms with Crippen LogP contribution in [0.2, 0.25) is 0 Å². The van der Waals surface area contributed by atoms with E-state index in [1.807, 2.05) is 30.0 Å². The van der Waals surface area contributed by atoms with Crippen molar-refractivity contribution < 1.29 is 4.79 Å². The van der Waals surface area contributed by atoms with Gasteiger partial charge in [-0.15, -0.1) is 0 Å². The average Bonchev–Trinajstić information content (AvgIpc) is 2.15. The van der Waals surface area contributed by atoms with E-state index in [-0.39, 0.29) is 5.91 Å². The van der Waals surface area contributed by atoms with Gasteiger partial charge in [0, 0.05) is 38.9 Å². The number of hydrogen-bond acceptors (Lipinski definition) is 3. The van der Waals surface area contributed by atoms with E-state index in [1.54, 1.807) is 12.3 Å². The first-order valence-electron chi connectivity index (χ1n) is 5.11. The highest BCUT2D eigenvalue weighted by Gasteiger charge is 2.21. The van der Waals surface area contributed by atoms with E-state index in [2.05, 4.69) is 4.98 Å². The van der Waals surface area contributed by atoms with E-state index in [9.17, 15) is 4.79 Å². The lowest BCUT2D eigenvalue weighted by molar-refractivity contribution is 0.0652. The Bertz CT molecular complexity index is 372. The summed E-state index contributed by atoms with van der Waals surface area (Å²) in [5.74, 6) is 0.938. The molecule has 1 aromatic heterocycles. The second kappa shape index (κ2) is 3.88. The zero-order chi connectivity index (χ0) is 10.8. The Hall–Kier alpha value is -1.58. The lowest BCUT2D eigenvalue weighted by atomic mass is 10.1. The Kier molecular flexibility index (Phi) is 2.58. The molecule has 4 nitrogen and oxygen atoms in total. The summed E-state index contributed by atoms with van der Waals surface area (Å²) in [6.07, 6.45) is 2.81. The summed E-state index contributed by atoms with van der Waals surface area (Å²) in [6.45, 7) is 1.77. The van der Waals surface area contributed by atoms with Crippen molar-refractivity contribution in [2.75, 3.05) is 32.1 Å². The third-order valence-corrected chi connectivity index (χ3v) is 2.59. The van der Waals surface area contributed by atoms with Crippen LogP contribution < -0.4 is 4.90 Å². The Labute approximate surface area is 89.5 Å². The number of hydrogen-bond donors (Lipinski definition) is 0. The summed E-state index contributed by atoms with van der Waals surface area (Å²) >= 11 is 0. The maximum atomic E-state index is 11.9. The van der Waals surface area contributed by atoms with Crippen LogP contribution in [0, 0.1) is 0 Å². The summed E-state index contributed by atoms with van der Waals surface area (Å²) in [6, 6.07) is 3.61. The fraction of sp³-hybridized carbons (Fsp3) is 0.455. The zero-order valence-corrected chi connectivity index (χ0v) is 9.10. The molecule has 2 heterocycles. The lowest BCUT2D eigenvalue weighted by Crippen LogP contribution is -2.42. The van der Waals surface area contributed by atoms with Crippen LogP contribution >= 0.6 is 0 Å². The highest BCUT2D eigenvalue weighted by atomic mass is 16.2. The van der Waals surface area contributed by atoms with Crippen molar-refractivity contribution >= 4 is 11.7 Å². The molecule has 15 heavy (non-hydrogen) atoms. The van der Waals surface area contributed by atoms with Crippen molar-refractivity contribution in [2.45, 2.75) is 6.42 Å². The first kappa shape index (κ1) is 9.96. The molecule has 80 valence electrons. The van der Waals surface area contributed by atoms with Gasteiger partial charge in [0.2, 0.25) is 0 Å². The number of rotatable bonds is 2. The fourth-order valence-electron chi connectivity index (χ4n) is 1.50. The van der Waals surface area contributed by atoms with E-state index < -0.39 is 0 Å². The van der Waals surface area contributed by atoms with Gasteiger partial charge in [0.15, 0.2) is 0 Å². The second-order valence-corrected chi connectivity index (χ2v) is 3.94. The third-order valence-electron chi connectivity index (χ3n) is 2.59. The molecule has 1 aromatic rings. The number of amides is 1. The Morgan fingerprint density at radius 3 is 2.73 bits per heavy atom. The first-order chi connectivity index (χ1) is 7.18. The van der Waals surface area contributed by atoms with Crippen molar-refractivity contribution in [1.82, 2.24) is 9.88 Å². The Morgan fingerprint density at radius 2 is 2.20 bits per heavy atom. The molecule has 0 spiro atoms. The molecule has 1 aliphatic rings. The number of carbonyl (C=O) groups is 1. The molecule has 1 aliphatic heterocycles. The van der Waals surface area contributed by atoms with Crippen LogP contribution in [0.25, 0.3) is 0 Å². The predicted octanol–water partition coefficient (Wildman–Crippen LogP) is 0.994. The minimum atomic E-state index is 0.117. The zero-order valence-electron chi connectivity index (χ0n) is 9.10. The molecule has 2 rings (SSSR count). The molecule has 4 heteroatoms. The van der Waals surface area contributed by atoms with Crippen LogP contribution in [-0.4, -0.2) is 43.0 Å². The molecule has 0 atom stereocenters. The van der Waals surface area contributed by atoms with Gasteiger partial charge in [-0.1, -0.05) is 0 Å². The smallest absolute Gasteiger partial charge is 0.254 e. The van der Waals surface area contributed by atoms with Gasteiger partial charge in [-0.2, -0.15) is 0 Å². The predicted molar refractivity (Wildman–Crippen MR) is 59.1 cm³/mol. The molecule has 0 saturated carbocycles. The van der Waals surface area contributed by atoms with E-state index in [4.69, 9.17) is 0 Å². The SMILES string of the molecule is CN(C)c1cc(C(=O)N2CCC2)ccn1. The van der Waals surface area contributed by atoms with Crippen LogP contribution in [0.5, 0.6) is 0 Å². The number of aromatic nitrogens is 1. The number of likely N-dealkylation sites (tertiary alicyclic amines) is 1. The van der Waals surface area contributed by atoms with Gasteiger partial charge in [0.1, 0.15) is 5.82 Å². The van der Waals surface area contributed by atoms with Crippen LogP contribution in [0.3, 0.4) is 0 Å². The second-order valence-electron chi connectivity index (χ2n) is 3.94. The van der Waals surface area contributed by atoms with Gasteiger partial charge in [-0.25, -0.2) is 4.98 Å². The van der Waals surface area contributed by atoms with Crippen LogP contribution in [0.1, 0.15) is 16.8 Å². The van der Waals surface area contributed by atoms with Crippen molar-refractivity contribution in [3.05, 3.63) is 23.9 Å². The van der Waals surface area contributed by atoms with Crippen LogP contribution in [0.15, 0.2) is 18.3 Å². The molecule has 0 aromatic carbocycles. The molecule has 0 aliphatic carbocycles.